The summed E-state index contributed by atoms with van der Waals surface area (Å²) in [5.74, 6) is -0.525. The van der Waals surface area contributed by atoms with Crippen LogP contribution in [0.4, 0.5) is 5.69 Å². The maximum Gasteiger partial charge on any atom is 0.246 e. The molecule has 1 atom stereocenters. The number of carbonyl (C=O) groups is 1. The van der Waals surface area contributed by atoms with Crippen molar-refractivity contribution in [3.8, 4) is 5.75 Å². The van der Waals surface area contributed by atoms with E-state index in [0.717, 1.165) is 12.8 Å². The predicted octanol–water partition coefficient (Wildman–Crippen LogP) is 3.00. The van der Waals surface area contributed by atoms with Gasteiger partial charge in [-0.1, -0.05) is 0 Å². The van der Waals surface area contributed by atoms with Crippen molar-refractivity contribution in [2.75, 3.05) is 25.0 Å². The lowest BCUT2D eigenvalue weighted by atomic mass is 10.3. The minimum Gasteiger partial charge on any atom is -0.492 e. The molecule has 0 spiro atoms. The number of ether oxygens (including phenoxy) is 1. The van der Waals surface area contributed by atoms with Crippen molar-refractivity contribution < 1.29 is 17.9 Å². The monoisotopic (exact) mass is 406 g/mol. The first-order valence-corrected chi connectivity index (χ1v) is 10.4. The largest absolute Gasteiger partial charge is 0.492 e. The van der Waals surface area contributed by atoms with Crippen molar-refractivity contribution in [1.82, 2.24) is 4.31 Å². The Morgan fingerprint density at radius 3 is 2.56 bits per heavy atom. The number of nitrogens with one attached hydrogen (secondary N) is 1. The Kier molecular flexibility index (Phi) is 5.21. The Labute approximate surface area is 157 Å². The first-order chi connectivity index (χ1) is 11.8. The number of carbonyl (C=O) groups excluding carboxylic acids is 1. The van der Waals surface area contributed by atoms with Crippen LogP contribution in [0.1, 0.15) is 26.2 Å². The summed E-state index contributed by atoms with van der Waals surface area (Å²) in [6.45, 7) is 3.12. The molecule has 6 nitrogen and oxygen atoms in total. The van der Waals surface area contributed by atoms with Gasteiger partial charge in [-0.3, -0.25) is 4.79 Å². The summed E-state index contributed by atoms with van der Waals surface area (Å²) in [6, 6.07) is 4.60. The van der Waals surface area contributed by atoms with Crippen LogP contribution in [0, 0.1) is 5.92 Å². The minimum atomic E-state index is -3.67. The fraction of sp³-hybridized carbons (Fsp3) is 0.562. The van der Waals surface area contributed by atoms with Crippen LogP contribution in [0.3, 0.4) is 0 Å². The standard InChI is InChI=1S/C16H20Cl2N2O4S/c1-2-24-13-6-5-11(19-15(21)12-10-16(12,17)18)9-14(13)25(22,23)20-7-3-4-8-20/h5-6,9,12H,2-4,7-8,10H2,1H3,(H,19,21). The maximum atomic E-state index is 12.9. The summed E-state index contributed by atoms with van der Waals surface area (Å²) in [4.78, 5) is 12.2. The van der Waals surface area contributed by atoms with Gasteiger partial charge in [0.25, 0.3) is 0 Å². The summed E-state index contributed by atoms with van der Waals surface area (Å²) in [6.07, 6.45) is 2.07. The lowest BCUT2D eigenvalue weighted by Crippen LogP contribution is -2.28. The van der Waals surface area contributed by atoms with E-state index in [1.54, 1.807) is 19.1 Å². The molecule has 9 heteroatoms. The third-order valence-electron chi connectivity index (χ3n) is 4.34. The molecular formula is C16H20Cl2N2O4S. The van der Waals surface area contributed by atoms with Gasteiger partial charge in [-0.15, -0.1) is 23.2 Å². The minimum absolute atomic E-state index is 0.0628. The fourth-order valence-corrected chi connectivity index (χ4v) is 5.04. The molecule has 2 fully saturated rings. The molecule has 1 aliphatic carbocycles. The van der Waals surface area contributed by atoms with Gasteiger partial charge in [0, 0.05) is 18.8 Å². The van der Waals surface area contributed by atoms with E-state index < -0.39 is 20.3 Å². The van der Waals surface area contributed by atoms with Gasteiger partial charge in [-0.05, 0) is 44.4 Å². The first kappa shape index (κ1) is 18.8. The van der Waals surface area contributed by atoms with Crippen molar-refractivity contribution in [3.05, 3.63) is 18.2 Å². The highest BCUT2D eigenvalue weighted by Gasteiger charge is 2.56. The van der Waals surface area contributed by atoms with Crippen molar-refractivity contribution in [2.24, 2.45) is 5.92 Å². The molecule has 1 N–H and O–H groups in total. The molecular weight excluding hydrogens is 387 g/mol. The van der Waals surface area contributed by atoms with Gasteiger partial charge >= 0.3 is 0 Å². The van der Waals surface area contributed by atoms with Crippen molar-refractivity contribution in [3.63, 3.8) is 0 Å². The molecule has 138 valence electrons. The molecule has 1 amide bonds. The smallest absolute Gasteiger partial charge is 0.246 e. The first-order valence-electron chi connectivity index (χ1n) is 8.21. The molecule has 1 saturated carbocycles. The Balaban J connectivity index is 1.88. The van der Waals surface area contributed by atoms with Gasteiger partial charge in [0.2, 0.25) is 15.9 Å². The van der Waals surface area contributed by atoms with Crippen LogP contribution in [-0.4, -0.2) is 42.7 Å². The van der Waals surface area contributed by atoms with E-state index in [-0.39, 0.29) is 16.6 Å². The zero-order chi connectivity index (χ0) is 18.2. The van der Waals surface area contributed by atoms with Crippen LogP contribution >= 0.6 is 23.2 Å². The Hall–Kier alpha value is -1.02. The van der Waals surface area contributed by atoms with Gasteiger partial charge in [0.05, 0.1) is 12.5 Å². The van der Waals surface area contributed by atoms with E-state index in [1.807, 2.05) is 0 Å². The second kappa shape index (κ2) is 6.95. The quantitative estimate of drug-likeness (QED) is 0.736. The number of benzene rings is 1. The van der Waals surface area contributed by atoms with Crippen LogP contribution in [0.5, 0.6) is 5.75 Å². The summed E-state index contributed by atoms with van der Waals surface area (Å²) in [5.41, 5.74) is 0.377. The molecule has 1 heterocycles. The summed E-state index contributed by atoms with van der Waals surface area (Å²) in [5, 5.41) is 2.69. The van der Waals surface area contributed by atoms with Gasteiger partial charge in [-0.2, -0.15) is 4.31 Å². The normalized spacial score (nSPS) is 22.6. The highest BCUT2D eigenvalue weighted by atomic mass is 35.5. The van der Waals surface area contributed by atoms with Crippen molar-refractivity contribution in [1.29, 1.82) is 0 Å². The van der Waals surface area contributed by atoms with Crippen molar-refractivity contribution >= 4 is 44.8 Å². The third kappa shape index (κ3) is 3.89. The van der Waals surface area contributed by atoms with E-state index in [9.17, 15) is 13.2 Å². The average Bonchev–Trinajstić information content (AvgIpc) is 2.98. The predicted molar refractivity (Wildman–Crippen MR) is 96.8 cm³/mol. The Bertz CT molecular complexity index is 776. The number of nitrogens with zero attached hydrogens (tertiary/aromatic N) is 1. The van der Waals surface area contributed by atoms with E-state index in [0.29, 0.717) is 31.8 Å². The molecule has 3 rings (SSSR count). The number of anilines is 1. The molecule has 1 unspecified atom stereocenters. The number of hydrogen-bond acceptors (Lipinski definition) is 4. The lowest BCUT2D eigenvalue weighted by molar-refractivity contribution is -0.117. The highest BCUT2D eigenvalue weighted by Crippen LogP contribution is 2.53. The molecule has 25 heavy (non-hydrogen) atoms. The van der Waals surface area contributed by atoms with Gasteiger partial charge in [0.1, 0.15) is 15.0 Å². The molecule has 0 aromatic heterocycles. The van der Waals surface area contributed by atoms with E-state index in [4.69, 9.17) is 27.9 Å². The van der Waals surface area contributed by atoms with Gasteiger partial charge < -0.3 is 10.1 Å². The van der Waals surface area contributed by atoms with E-state index in [1.165, 1.54) is 10.4 Å². The Morgan fingerprint density at radius 2 is 2.00 bits per heavy atom. The lowest BCUT2D eigenvalue weighted by Gasteiger charge is -2.19. The second-order valence-corrected chi connectivity index (χ2v) is 9.66. The molecule has 1 aromatic rings. The number of rotatable bonds is 6. The van der Waals surface area contributed by atoms with Crippen LogP contribution in [0.25, 0.3) is 0 Å². The number of halogens is 2. The summed E-state index contributed by atoms with van der Waals surface area (Å²) < 4.78 is 31.7. The third-order valence-corrected chi connectivity index (χ3v) is 7.09. The molecule has 1 aliphatic heterocycles. The maximum absolute atomic E-state index is 12.9. The average molecular weight is 407 g/mol. The zero-order valence-corrected chi connectivity index (χ0v) is 16.1. The molecule has 1 saturated heterocycles. The summed E-state index contributed by atoms with van der Waals surface area (Å²) >= 11 is 11.8. The van der Waals surface area contributed by atoms with Crippen molar-refractivity contribution in [2.45, 2.75) is 35.4 Å². The van der Waals surface area contributed by atoms with Crippen LogP contribution < -0.4 is 10.1 Å². The topological polar surface area (TPSA) is 75.7 Å². The number of amides is 1. The molecule has 0 bridgehead atoms. The van der Waals surface area contributed by atoms with Crippen LogP contribution in [-0.2, 0) is 14.8 Å². The Morgan fingerprint density at radius 1 is 1.36 bits per heavy atom. The second-order valence-electron chi connectivity index (χ2n) is 6.21. The highest BCUT2D eigenvalue weighted by molar-refractivity contribution is 7.89. The fourth-order valence-electron chi connectivity index (χ4n) is 2.86. The molecule has 1 aromatic carbocycles. The zero-order valence-electron chi connectivity index (χ0n) is 13.8. The van der Waals surface area contributed by atoms with Gasteiger partial charge in [-0.25, -0.2) is 8.42 Å². The molecule has 2 aliphatic rings. The van der Waals surface area contributed by atoms with Crippen LogP contribution in [0.2, 0.25) is 0 Å². The van der Waals surface area contributed by atoms with E-state index >= 15 is 0 Å². The number of hydrogen-bond donors (Lipinski definition) is 1. The SMILES string of the molecule is CCOc1ccc(NC(=O)C2CC2(Cl)Cl)cc1S(=O)(=O)N1CCCC1. The molecule has 0 radical (unpaired) electrons. The van der Waals surface area contributed by atoms with Crippen LogP contribution in [0.15, 0.2) is 23.1 Å². The van der Waals surface area contributed by atoms with Gasteiger partial charge in [0.15, 0.2) is 0 Å². The number of alkyl halides is 2. The van der Waals surface area contributed by atoms with E-state index in [2.05, 4.69) is 5.32 Å². The number of sulfonamides is 1. The summed E-state index contributed by atoms with van der Waals surface area (Å²) in [7, 11) is -3.67.